The summed E-state index contributed by atoms with van der Waals surface area (Å²) in [5.41, 5.74) is -3.48. The number of amides is 2. The van der Waals surface area contributed by atoms with Crippen LogP contribution < -0.4 is 20.5 Å². The molecule has 0 radical (unpaired) electrons. The number of aliphatic hydroxyl groups is 1. The number of hydrogen-bond donors (Lipinski definition) is 3. The number of primary amides is 1. The lowest BCUT2D eigenvalue weighted by molar-refractivity contribution is -0.265. The van der Waals surface area contributed by atoms with Gasteiger partial charge >= 0.3 is 6.18 Å². The van der Waals surface area contributed by atoms with Crippen LogP contribution in [0.3, 0.4) is 0 Å². The molecular formula is C30H23F7N4O5. The molecule has 4 aromatic rings. The molecule has 0 saturated heterocycles. The first kappa shape index (κ1) is 32.4. The van der Waals surface area contributed by atoms with Crippen molar-refractivity contribution in [1.29, 1.82) is 0 Å². The molecule has 1 aliphatic heterocycles. The van der Waals surface area contributed by atoms with E-state index in [0.717, 1.165) is 48.7 Å². The Balaban J connectivity index is 1.60. The number of methoxy groups -OCH3 is 1. The van der Waals surface area contributed by atoms with Crippen molar-refractivity contribution in [3.63, 3.8) is 0 Å². The third-order valence-corrected chi connectivity index (χ3v) is 7.67. The molecule has 2 aromatic heterocycles. The number of pyridine rings is 2. The summed E-state index contributed by atoms with van der Waals surface area (Å²) in [5.74, 6) is -3.50. The number of nitrogens with one attached hydrogen (secondary N) is 1. The van der Waals surface area contributed by atoms with Crippen molar-refractivity contribution in [3.8, 4) is 22.8 Å². The molecule has 9 nitrogen and oxygen atoms in total. The van der Waals surface area contributed by atoms with Crippen molar-refractivity contribution < 1.29 is 54.9 Å². The summed E-state index contributed by atoms with van der Waals surface area (Å²) >= 11 is 0. The van der Waals surface area contributed by atoms with Gasteiger partial charge < -0.3 is 25.6 Å². The fraction of sp³-hybridized carbons (Fsp3) is 0.267. The van der Waals surface area contributed by atoms with Crippen LogP contribution in [0.25, 0.3) is 22.2 Å². The van der Waals surface area contributed by atoms with E-state index in [4.69, 9.17) is 15.2 Å². The largest absolute Gasteiger partial charge is 0.494 e. The Morgan fingerprint density at radius 1 is 1.15 bits per heavy atom. The number of fused-ring (bicyclic) bond motifs is 2. The second-order valence-corrected chi connectivity index (χ2v) is 10.5. The third kappa shape index (κ3) is 5.42. The minimum Gasteiger partial charge on any atom is -0.494 e. The van der Waals surface area contributed by atoms with Crippen LogP contribution in [0.2, 0.25) is 0 Å². The van der Waals surface area contributed by atoms with Crippen molar-refractivity contribution in [2.24, 2.45) is 5.73 Å². The van der Waals surface area contributed by atoms with Crippen LogP contribution >= 0.6 is 0 Å². The minimum absolute atomic E-state index is 0.00720. The Labute approximate surface area is 255 Å². The highest BCUT2D eigenvalue weighted by Crippen LogP contribution is 2.48. The molecule has 16 heteroatoms. The Morgan fingerprint density at radius 3 is 2.43 bits per heavy atom. The molecule has 0 saturated carbocycles. The lowest BCUT2D eigenvalue weighted by Gasteiger charge is -2.31. The van der Waals surface area contributed by atoms with Gasteiger partial charge in [-0.1, -0.05) is 0 Å². The molecule has 2 atom stereocenters. The van der Waals surface area contributed by atoms with Crippen molar-refractivity contribution in [1.82, 2.24) is 15.3 Å². The normalized spacial score (nSPS) is 17.3. The average Bonchev–Trinajstić information content (AvgIpc) is 3.42. The molecule has 0 fully saturated rings. The number of nitrogens with zero attached hydrogens (tertiary/aromatic N) is 2. The monoisotopic (exact) mass is 652 g/mol. The first-order valence-corrected chi connectivity index (χ1v) is 13.3. The number of alkyl halides is 6. The number of nitrogens with two attached hydrogens (primary N) is 1. The molecule has 3 heterocycles. The molecular weight excluding hydrogens is 629 g/mol. The number of halogens is 7. The van der Waals surface area contributed by atoms with Gasteiger partial charge in [-0.05, 0) is 48.5 Å². The van der Waals surface area contributed by atoms with Crippen molar-refractivity contribution >= 4 is 22.7 Å². The fourth-order valence-corrected chi connectivity index (χ4v) is 4.99. The van der Waals surface area contributed by atoms with E-state index in [-0.39, 0.29) is 39.2 Å². The number of carbonyl (C=O) groups excluding carboxylic acids is 2. The summed E-state index contributed by atoms with van der Waals surface area (Å²) in [7, 11) is 1.20. The molecule has 0 spiro atoms. The average molecular weight is 653 g/mol. The second-order valence-electron chi connectivity index (χ2n) is 10.5. The summed E-state index contributed by atoms with van der Waals surface area (Å²) in [6.07, 6.45) is -7.54. The van der Waals surface area contributed by atoms with Gasteiger partial charge in [0.2, 0.25) is 11.5 Å². The lowest BCUT2D eigenvalue weighted by atomic mass is 9.81. The quantitative estimate of drug-likeness (QED) is 0.224. The summed E-state index contributed by atoms with van der Waals surface area (Å²) in [6.45, 7) is -3.73. The Morgan fingerprint density at radius 2 is 1.85 bits per heavy atom. The highest BCUT2D eigenvalue weighted by atomic mass is 19.4. The molecule has 2 aromatic carbocycles. The van der Waals surface area contributed by atoms with Crippen LogP contribution in [-0.2, 0) is 15.8 Å². The van der Waals surface area contributed by atoms with Crippen LogP contribution in [-0.4, -0.2) is 60.0 Å². The summed E-state index contributed by atoms with van der Waals surface area (Å²) in [6, 6.07) is 8.07. The van der Waals surface area contributed by atoms with Crippen molar-refractivity contribution in [3.05, 3.63) is 82.9 Å². The fourth-order valence-electron chi connectivity index (χ4n) is 4.99. The zero-order chi connectivity index (χ0) is 33.6. The summed E-state index contributed by atoms with van der Waals surface area (Å²) < 4.78 is 109. The number of hydrogen-bond acceptors (Lipinski definition) is 7. The Bertz CT molecular complexity index is 1840. The van der Waals surface area contributed by atoms with Crippen LogP contribution in [0.5, 0.6) is 11.5 Å². The van der Waals surface area contributed by atoms with Gasteiger partial charge in [0.25, 0.3) is 12.3 Å². The van der Waals surface area contributed by atoms with E-state index < -0.39 is 77.9 Å². The minimum atomic E-state index is -5.54. The van der Waals surface area contributed by atoms with Crippen LogP contribution in [0.1, 0.15) is 33.6 Å². The first-order valence-electron chi connectivity index (χ1n) is 13.3. The van der Waals surface area contributed by atoms with E-state index in [1.165, 1.54) is 7.11 Å². The molecule has 46 heavy (non-hydrogen) atoms. The van der Waals surface area contributed by atoms with E-state index in [2.05, 4.69) is 9.97 Å². The number of aromatic nitrogens is 2. The zero-order valence-corrected chi connectivity index (χ0v) is 23.6. The van der Waals surface area contributed by atoms with E-state index >= 15 is 0 Å². The standard InChI is InChI=1S/C30H23F7N4O5/c1-45-20-8-16(6-15-7-17(25(33)34)10-39-22(15)20)26(42)40-12-29(44,30(35,36)37)21-9-19-24(46-13-28(19,11-31)27(38)43)23(41-21)14-2-4-18(32)5-3-14/h2-10,25,44H,11-13H2,1H3,(H2,38,43)(H,40,42)/t28-,29-/m0/s1. The van der Waals surface area contributed by atoms with Gasteiger partial charge in [-0.15, -0.1) is 0 Å². The topological polar surface area (TPSA) is 137 Å². The zero-order valence-electron chi connectivity index (χ0n) is 23.6. The lowest BCUT2D eigenvalue weighted by Crippen LogP contribution is -2.52. The van der Waals surface area contributed by atoms with Crippen molar-refractivity contribution in [2.45, 2.75) is 23.6 Å². The molecule has 0 aliphatic carbocycles. The van der Waals surface area contributed by atoms with E-state index in [9.17, 15) is 45.4 Å². The predicted molar refractivity (Wildman–Crippen MR) is 148 cm³/mol. The SMILES string of the molecule is COc1cc(C(=O)NC[C@](O)(c2cc3c(c(-c4ccc(F)cc4)n2)OC[C@]3(CF)C(N)=O)C(F)(F)F)cc2cc(C(F)F)cnc12. The first-order chi connectivity index (χ1) is 21.6. The maximum atomic E-state index is 14.7. The van der Waals surface area contributed by atoms with E-state index in [1.54, 1.807) is 0 Å². The van der Waals surface area contributed by atoms with Crippen LogP contribution in [0.15, 0.2) is 54.7 Å². The second kappa shape index (κ2) is 11.7. The van der Waals surface area contributed by atoms with Gasteiger partial charge in [0.15, 0.2) is 0 Å². The maximum absolute atomic E-state index is 14.7. The van der Waals surface area contributed by atoms with E-state index in [0.29, 0.717) is 6.07 Å². The number of ether oxygens (including phenoxy) is 2. The summed E-state index contributed by atoms with van der Waals surface area (Å²) in [4.78, 5) is 33.4. The molecule has 242 valence electrons. The molecule has 4 N–H and O–H groups in total. The van der Waals surface area contributed by atoms with Gasteiger partial charge in [-0.3, -0.25) is 14.6 Å². The highest BCUT2D eigenvalue weighted by Gasteiger charge is 2.58. The van der Waals surface area contributed by atoms with Gasteiger partial charge in [0, 0.05) is 33.8 Å². The van der Waals surface area contributed by atoms with Gasteiger partial charge in [0.05, 0.1) is 19.3 Å². The molecule has 1 aliphatic rings. The summed E-state index contributed by atoms with van der Waals surface area (Å²) in [5, 5.41) is 13.2. The third-order valence-electron chi connectivity index (χ3n) is 7.67. The highest BCUT2D eigenvalue weighted by molar-refractivity contribution is 6.00. The maximum Gasteiger partial charge on any atom is 0.424 e. The number of carbonyl (C=O) groups is 2. The van der Waals surface area contributed by atoms with Gasteiger partial charge in [-0.2, -0.15) is 13.2 Å². The number of rotatable bonds is 9. The van der Waals surface area contributed by atoms with Crippen LogP contribution in [0.4, 0.5) is 30.7 Å². The molecule has 0 bridgehead atoms. The molecule has 0 unspecified atom stereocenters. The van der Waals surface area contributed by atoms with Crippen molar-refractivity contribution in [2.75, 3.05) is 26.9 Å². The molecule has 2 amide bonds. The molecule has 5 rings (SSSR count). The Hall–Kier alpha value is -4.99. The van der Waals surface area contributed by atoms with E-state index in [1.807, 2.05) is 5.32 Å². The number of benzene rings is 2. The van der Waals surface area contributed by atoms with Crippen LogP contribution in [0, 0.1) is 5.82 Å². The van der Waals surface area contributed by atoms with Gasteiger partial charge in [-0.25, -0.2) is 22.5 Å². The van der Waals surface area contributed by atoms with Gasteiger partial charge in [0.1, 0.15) is 47.2 Å². The predicted octanol–water partition coefficient (Wildman–Crippen LogP) is 4.65. The Kier molecular flexibility index (Phi) is 8.27. The smallest absolute Gasteiger partial charge is 0.424 e.